The van der Waals surface area contributed by atoms with E-state index in [2.05, 4.69) is 0 Å². The van der Waals surface area contributed by atoms with Gasteiger partial charge in [0.2, 0.25) is 0 Å². The molecule has 2 heteroatoms. The molecule has 1 aromatic carbocycles. The first kappa shape index (κ1) is 11.4. The fraction of sp³-hybridized carbons (Fsp3) is 0.182. The van der Waals surface area contributed by atoms with E-state index in [9.17, 15) is 0 Å². The molecular weight excluding hydrogens is 164 g/mol. The zero-order valence-corrected chi connectivity index (χ0v) is 7.77. The monoisotopic (exact) mass is 178 g/mol. The highest BCUT2D eigenvalue weighted by molar-refractivity contribution is 5.47. The Kier molecular flexibility index (Phi) is 7.50. The average molecular weight is 178 g/mol. The molecule has 0 aliphatic heterocycles. The zero-order valence-electron chi connectivity index (χ0n) is 7.77. The largest absolute Gasteiger partial charge is 0.501 e. The van der Waals surface area contributed by atoms with Gasteiger partial charge in [0.15, 0.2) is 0 Å². The summed E-state index contributed by atoms with van der Waals surface area (Å²) in [6, 6.07) is 10.1. The van der Waals surface area contributed by atoms with E-state index < -0.39 is 0 Å². The molecule has 13 heavy (non-hydrogen) atoms. The predicted molar refractivity (Wildman–Crippen MR) is 54.2 cm³/mol. The van der Waals surface area contributed by atoms with E-state index >= 15 is 0 Å². The molecule has 0 saturated heterocycles. The highest BCUT2D eigenvalue weighted by Crippen LogP contribution is 2.00. The second-order valence-corrected chi connectivity index (χ2v) is 2.17. The number of carbonyl (C=O) groups is 1. The Hall–Kier alpha value is -1.57. The number of hydrogen-bond acceptors (Lipinski definition) is 2. The topological polar surface area (TPSA) is 26.3 Å². The molecule has 0 bridgehead atoms. The van der Waals surface area contributed by atoms with Crippen LogP contribution in [0.3, 0.4) is 0 Å². The fourth-order valence-corrected chi connectivity index (χ4v) is 0.787. The number of rotatable bonds is 3. The maximum absolute atomic E-state index is 8.00. The van der Waals surface area contributed by atoms with Crippen LogP contribution in [0.4, 0.5) is 0 Å². The standard InChI is InChI=1S/C10H12O.CH2O/c1-2-11-9-8-10-6-4-3-5-7-10;1-2/h3-9H,2H2,1H3;1H2. The van der Waals surface area contributed by atoms with E-state index in [-0.39, 0.29) is 0 Å². The summed E-state index contributed by atoms with van der Waals surface area (Å²) in [6.45, 7) is 4.69. The van der Waals surface area contributed by atoms with Gasteiger partial charge in [0.25, 0.3) is 0 Å². The van der Waals surface area contributed by atoms with Crippen LogP contribution in [0.25, 0.3) is 6.08 Å². The van der Waals surface area contributed by atoms with Crippen LogP contribution >= 0.6 is 0 Å². The van der Waals surface area contributed by atoms with Crippen LogP contribution in [-0.2, 0) is 9.53 Å². The smallest absolute Gasteiger partial charge is 0.106 e. The lowest BCUT2D eigenvalue weighted by Crippen LogP contribution is -1.76. The van der Waals surface area contributed by atoms with Gasteiger partial charge in [0.1, 0.15) is 6.79 Å². The van der Waals surface area contributed by atoms with Crippen LogP contribution in [0.1, 0.15) is 12.5 Å². The van der Waals surface area contributed by atoms with E-state index in [1.54, 1.807) is 6.26 Å². The summed E-state index contributed by atoms with van der Waals surface area (Å²) in [6.07, 6.45) is 3.67. The Morgan fingerprint density at radius 3 is 2.46 bits per heavy atom. The third kappa shape index (κ3) is 5.67. The Morgan fingerprint density at radius 1 is 1.31 bits per heavy atom. The summed E-state index contributed by atoms with van der Waals surface area (Å²) in [7, 11) is 0. The minimum atomic E-state index is 0.726. The summed E-state index contributed by atoms with van der Waals surface area (Å²) in [5.74, 6) is 0. The fourth-order valence-electron chi connectivity index (χ4n) is 0.787. The van der Waals surface area contributed by atoms with Crippen molar-refractivity contribution in [2.24, 2.45) is 0 Å². The predicted octanol–water partition coefficient (Wildman–Crippen LogP) is 2.51. The van der Waals surface area contributed by atoms with Crippen molar-refractivity contribution in [3.05, 3.63) is 42.2 Å². The van der Waals surface area contributed by atoms with Crippen molar-refractivity contribution in [1.29, 1.82) is 0 Å². The molecule has 0 amide bonds. The SMILES string of the molecule is C=O.CCOC=Cc1ccccc1. The molecule has 0 atom stereocenters. The molecule has 0 aliphatic carbocycles. The van der Waals surface area contributed by atoms with Gasteiger partial charge in [-0.05, 0) is 18.6 Å². The minimum Gasteiger partial charge on any atom is -0.501 e. The van der Waals surface area contributed by atoms with Gasteiger partial charge in [-0.2, -0.15) is 0 Å². The Bertz CT molecular complexity index is 229. The first-order chi connectivity index (χ1) is 6.43. The van der Waals surface area contributed by atoms with Crippen LogP contribution in [0.15, 0.2) is 36.6 Å². The summed E-state index contributed by atoms with van der Waals surface area (Å²) >= 11 is 0. The molecule has 0 heterocycles. The average Bonchev–Trinajstić information content (AvgIpc) is 2.23. The highest BCUT2D eigenvalue weighted by Gasteiger charge is 1.80. The molecule has 0 fully saturated rings. The van der Waals surface area contributed by atoms with E-state index in [1.165, 1.54) is 5.56 Å². The van der Waals surface area contributed by atoms with Crippen molar-refractivity contribution in [3.8, 4) is 0 Å². The van der Waals surface area contributed by atoms with Gasteiger partial charge >= 0.3 is 0 Å². The minimum absolute atomic E-state index is 0.726. The Labute approximate surface area is 78.8 Å². The van der Waals surface area contributed by atoms with Crippen molar-refractivity contribution >= 4 is 12.9 Å². The lowest BCUT2D eigenvalue weighted by Gasteiger charge is -1.92. The lowest BCUT2D eigenvalue weighted by molar-refractivity contribution is -0.0979. The molecule has 1 rings (SSSR count). The van der Waals surface area contributed by atoms with Crippen molar-refractivity contribution < 1.29 is 9.53 Å². The summed E-state index contributed by atoms with van der Waals surface area (Å²) < 4.78 is 5.06. The molecule has 70 valence electrons. The van der Waals surface area contributed by atoms with Gasteiger partial charge in [-0.25, -0.2) is 0 Å². The summed E-state index contributed by atoms with van der Waals surface area (Å²) in [5.41, 5.74) is 1.17. The van der Waals surface area contributed by atoms with Crippen molar-refractivity contribution in [1.82, 2.24) is 0 Å². The van der Waals surface area contributed by atoms with Crippen LogP contribution in [-0.4, -0.2) is 13.4 Å². The molecule has 0 aliphatic rings. The third-order valence-electron chi connectivity index (χ3n) is 1.32. The molecule has 0 unspecified atom stereocenters. The van der Waals surface area contributed by atoms with Crippen LogP contribution < -0.4 is 0 Å². The van der Waals surface area contributed by atoms with Gasteiger partial charge in [-0.15, -0.1) is 0 Å². The van der Waals surface area contributed by atoms with E-state index in [0.717, 1.165) is 6.61 Å². The second kappa shape index (κ2) is 8.53. The van der Waals surface area contributed by atoms with Crippen LogP contribution in [0, 0.1) is 0 Å². The Morgan fingerprint density at radius 2 is 1.92 bits per heavy atom. The zero-order chi connectivity index (χ0) is 9.94. The van der Waals surface area contributed by atoms with Crippen molar-refractivity contribution in [2.45, 2.75) is 6.92 Å². The maximum atomic E-state index is 8.00. The van der Waals surface area contributed by atoms with Gasteiger partial charge in [0.05, 0.1) is 12.9 Å². The van der Waals surface area contributed by atoms with E-state index in [0.29, 0.717) is 0 Å². The molecule has 0 spiro atoms. The molecule has 0 saturated carbocycles. The van der Waals surface area contributed by atoms with Gasteiger partial charge in [-0.3, -0.25) is 0 Å². The highest BCUT2D eigenvalue weighted by atomic mass is 16.5. The molecular formula is C11H14O2. The van der Waals surface area contributed by atoms with Crippen molar-refractivity contribution in [3.63, 3.8) is 0 Å². The van der Waals surface area contributed by atoms with E-state index in [1.807, 2.05) is 50.1 Å². The maximum Gasteiger partial charge on any atom is 0.106 e. The van der Waals surface area contributed by atoms with Crippen LogP contribution in [0.2, 0.25) is 0 Å². The third-order valence-corrected chi connectivity index (χ3v) is 1.32. The number of hydrogen-bond donors (Lipinski definition) is 0. The van der Waals surface area contributed by atoms with Gasteiger partial charge in [0, 0.05) is 0 Å². The Balaban J connectivity index is 0.000000671. The van der Waals surface area contributed by atoms with Gasteiger partial charge in [-0.1, -0.05) is 30.3 Å². The second-order valence-electron chi connectivity index (χ2n) is 2.17. The number of carbonyl (C=O) groups excluding carboxylic acids is 1. The van der Waals surface area contributed by atoms with Crippen molar-refractivity contribution in [2.75, 3.05) is 6.61 Å². The number of ether oxygens (including phenoxy) is 1. The normalized spacial score (nSPS) is 9.00. The lowest BCUT2D eigenvalue weighted by atomic mass is 10.2. The first-order valence-electron chi connectivity index (χ1n) is 4.05. The quantitative estimate of drug-likeness (QED) is 0.665. The number of benzene rings is 1. The molecule has 0 N–H and O–H groups in total. The molecule has 0 radical (unpaired) electrons. The first-order valence-corrected chi connectivity index (χ1v) is 4.05. The molecule has 0 aromatic heterocycles. The summed E-state index contributed by atoms with van der Waals surface area (Å²) in [4.78, 5) is 8.00. The summed E-state index contributed by atoms with van der Waals surface area (Å²) in [5, 5.41) is 0. The van der Waals surface area contributed by atoms with Gasteiger partial charge < -0.3 is 9.53 Å². The molecule has 1 aromatic rings. The van der Waals surface area contributed by atoms with Crippen LogP contribution in [0.5, 0.6) is 0 Å². The molecule has 2 nitrogen and oxygen atoms in total. The van der Waals surface area contributed by atoms with E-state index in [4.69, 9.17) is 9.53 Å².